The van der Waals surface area contributed by atoms with E-state index >= 15 is 0 Å². The van der Waals surface area contributed by atoms with Crippen LogP contribution in [0.4, 0.5) is 5.69 Å². The Labute approximate surface area is 833 Å². The topological polar surface area (TPSA) is 661 Å². The van der Waals surface area contributed by atoms with Gasteiger partial charge in [0, 0.05) is 181 Å². The summed E-state index contributed by atoms with van der Waals surface area (Å²) >= 11 is 0. The Morgan fingerprint density at radius 3 is 1.32 bits per heavy atom. The fourth-order valence-corrected chi connectivity index (χ4v) is 16.1. The van der Waals surface area contributed by atoms with Gasteiger partial charge in [-0.2, -0.15) is 0 Å². The summed E-state index contributed by atoms with van der Waals surface area (Å²) in [5, 5.41) is 81.6. The number of aromatic nitrogens is 4. The highest BCUT2D eigenvalue weighted by atomic mass is 16.6. The summed E-state index contributed by atoms with van der Waals surface area (Å²) in [4.78, 5) is 226. The number of aliphatic carboxylic acids is 7. The number of anilines is 1. The van der Waals surface area contributed by atoms with Gasteiger partial charge in [-0.1, -0.05) is 30.3 Å². The molecule has 0 radical (unpaired) electrons. The Bertz CT molecular complexity index is 5120. The second kappa shape index (κ2) is 63.0. The van der Waals surface area contributed by atoms with E-state index in [4.69, 9.17) is 38.6 Å². The van der Waals surface area contributed by atoms with Crippen molar-refractivity contribution in [3.8, 4) is 0 Å². The number of imidazole rings is 2. The first-order valence-corrected chi connectivity index (χ1v) is 47.8. The molecule has 144 heavy (non-hydrogen) atoms. The second-order valence-corrected chi connectivity index (χ2v) is 35.1. The highest BCUT2D eigenvalue weighted by Gasteiger charge is 2.35. The van der Waals surface area contributed by atoms with Gasteiger partial charge in [-0.3, -0.25) is 96.3 Å². The van der Waals surface area contributed by atoms with Crippen LogP contribution >= 0.6 is 0 Å². The van der Waals surface area contributed by atoms with Gasteiger partial charge in [0.2, 0.25) is 41.4 Å². The number of carbonyl (C=O) groups is 16. The van der Waals surface area contributed by atoms with Crippen molar-refractivity contribution in [2.24, 2.45) is 5.92 Å². The molecule has 792 valence electrons. The summed E-state index contributed by atoms with van der Waals surface area (Å²) in [5.74, 6) is -10.6. The predicted molar refractivity (Wildman–Crippen MR) is 520 cm³/mol. The van der Waals surface area contributed by atoms with E-state index < -0.39 is 108 Å². The molecule has 0 bridgehead atoms. The summed E-state index contributed by atoms with van der Waals surface area (Å²) < 4.78 is 34.1. The zero-order chi connectivity index (χ0) is 104. The molecule has 9 rings (SSSR count). The summed E-state index contributed by atoms with van der Waals surface area (Å²) in [6, 6.07) is 22.0. The molecule has 0 saturated carbocycles. The molecule has 18 N–H and O–H groups in total. The average molecular weight is 2020 g/mol. The Balaban J connectivity index is 0.000000524. The molecule has 1 fully saturated rings. The van der Waals surface area contributed by atoms with E-state index in [0.29, 0.717) is 159 Å². The molecule has 5 atom stereocenters. The lowest BCUT2D eigenvalue weighted by molar-refractivity contribution is -0.144. The van der Waals surface area contributed by atoms with Gasteiger partial charge < -0.3 is 132 Å². The Kier molecular flexibility index (Phi) is 51.5. The zero-order valence-electron chi connectivity index (χ0n) is 82.1. The first kappa shape index (κ1) is 118. The maximum atomic E-state index is 13.7. The van der Waals surface area contributed by atoms with Crippen LogP contribution in [-0.2, 0) is 128 Å². The number of nitrogens with zero attached hydrogens (tertiary/aromatic N) is 10. The number of nitrogens with one attached hydrogen (secondary N) is 8. The molecule has 6 aromatic rings. The van der Waals surface area contributed by atoms with Crippen LogP contribution in [0.3, 0.4) is 0 Å². The molecule has 5 heterocycles. The van der Waals surface area contributed by atoms with E-state index in [-0.39, 0.29) is 192 Å². The van der Waals surface area contributed by atoms with Crippen molar-refractivity contribution >= 4 is 123 Å². The van der Waals surface area contributed by atoms with Gasteiger partial charge in [0.05, 0.1) is 133 Å². The third-order valence-corrected chi connectivity index (χ3v) is 23.4. The van der Waals surface area contributed by atoms with Crippen LogP contribution in [-0.4, -0.2) is 412 Å². The number of amides is 9. The van der Waals surface area contributed by atoms with Gasteiger partial charge >= 0.3 is 41.8 Å². The Morgan fingerprint density at radius 2 is 0.854 bits per heavy atom. The molecule has 9 amide bonds. The molecule has 48 heteroatoms. The van der Waals surface area contributed by atoms with Crippen LogP contribution < -0.4 is 38.1 Å². The summed E-state index contributed by atoms with van der Waals surface area (Å²) in [6.07, 6.45) is 0.938. The Hall–Kier alpha value is -13.3. The van der Waals surface area contributed by atoms with Crippen molar-refractivity contribution < 1.29 is 141 Å². The summed E-state index contributed by atoms with van der Waals surface area (Å²) in [5.41, 5.74) is 7.12. The van der Waals surface area contributed by atoms with Crippen LogP contribution in [0.2, 0.25) is 0 Å². The molecule has 0 aliphatic carbocycles. The highest BCUT2D eigenvalue weighted by molar-refractivity contribution is 5.97. The number of para-hydroxylation sites is 4. The molecular formula is C96H139N19O29. The minimum absolute atomic E-state index is 0. The number of hydrogen-bond donors (Lipinski definition) is 16. The predicted octanol–water partition coefficient (Wildman–Crippen LogP) is 1.78. The summed E-state index contributed by atoms with van der Waals surface area (Å²) in [7, 11) is 3.39. The number of carboxylic acid groups (broad SMARTS) is 7. The van der Waals surface area contributed by atoms with Gasteiger partial charge in [0.1, 0.15) is 29.8 Å². The largest absolute Gasteiger partial charge is 0.481 e. The number of rotatable bonds is 60. The lowest BCUT2D eigenvalue weighted by Crippen LogP contribution is -2.53. The molecular weight excluding hydrogens is 1880 g/mol. The van der Waals surface area contributed by atoms with E-state index in [2.05, 4.69) is 51.8 Å². The van der Waals surface area contributed by atoms with Crippen molar-refractivity contribution in [2.75, 3.05) is 203 Å². The molecule has 4 aromatic carbocycles. The van der Waals surface area contributed by atoms with E-state index in [9.17, 15) is 102 Å². The van der Waals surface area contributed by atoms with Crippen LogP contribution in [0.5, 0.6) is 0 Å². The number of aromatic amines is 2. The molecule has 0 spiro atoms. The Morgan fingerprint density at radius 1 is 0.438 bits per heavy atom. The van der Waals surface area contributed by atoms with Crippen molar-refractivity contribution in [3.63, 3.8) is 0 Å². The van der Waals surface area contributed by atoms with Crippen molar-refractivity contribution in [3.05, 3.63) is 124 Å². The van der Waals surface area contributed by atoms with E-state index in [1.165, 1.54) is 6.92 Å². The van der Waals surface area contributed by atoms with Gasteiger partial charge in [-0.15, -0.1) is 0 Å². The van der Waals surface area contributed by atoms with E-state index in [1.54, 1.807) is 90.6 Å². The van der Waals surface area contributed by atoms with Gasteiger partial charge in [0.25, 0.3) is 11.8 Å². The maximum Gasteiger partial charge on any atom is 0.317 e. The zero-order valence-corrected chi connectivity index (χ0v) is 82.1. The lowest BCUT2D eigenvalue weighted by atomic mass is 9.93. The standard InChI is InChI=1S/C70H92N12O17.C26H44N6O12.H3N/c1-47(83)73-59(66(89)72-23-9-27-95-31-35-99-36-32-96-28-10-24-81-43-52-39-49(17-16-48(52)38-51(69(81)92)41-64(85)86)67(90)79(2)45-61-75-55-12-4-5-13-56(55)76-61)20-21-63(84)71-22-8-26-94-30-34-98-37-33-97-29-11-25-82-44-53-40-50(18-19-54(53)74-60(70(82)93)42-65(87)88)68(91)80(3)46-62-77-57-14-6-7-15-58(57)78-62;1-18(2-4-21(34)35)27-26(44)19(3-5-22(36)37)28-20(33)14-29-6-8-30(15-23(38)39)10-12-32(17-25(42)43)13-11-31(9-7-29)16-24(40)41;/h4-7,12-19,39-40,51,59-60,74H,8-11,20-38,41-46H2,1-3H3,(H,71,84)(H,72,89)(H,73,83)(H,75,76)(H,77,78)(H,85,86)(H,87,88);18-19H,2-17H2,1H3,(H,27,44)(H,28,33)(H,34,35)(H,36,37)(H,38,39)(H,40,41)(H,42,43);1H3/t51-,59+,60+;18-,19+;/m01./s1. The van der Waals surface area contributed by atoms with Crippen LogP contribution in [0.1, 0.15) is 140 Å². The first-order chi connectivity index (χ1) is 68.5. The molecule has 2 aromatic heterocycles. The smallest absolute Gasteiger partial charge is 0.317 e. The first-order valence-electron chi connectivity index (χ1n) is 47.8. The van der Waals surface area contributed by atoms with Gasteiger partial charge in [0.15, 0.2) is 0 Å². The number of carboxylic acids is 7. The van der Waals surface area contributed by atoms with E-state index in [0.717, 1.165) is 33.2 Å². The van der Waals surface area contributed by atoms with Crippen molar-refractivity contribution in [2.45, 2.75) is 148 Å². The molecule has 0 unspecified atom stereocenters. The quantitative estimate of drug-likeness (QED) is 0.0242. The fraction of sp³-hybridized carbons (Fsp3) is 0.562. The molecule has 3 aliphatic heterocycles. The lowest BCUT2D eigenvalue weighted by Gasteiger charge is -2.33. The third kappa shape index (κ3) is 43.5. The number of ether oxygens (including phenoxy) is 6. The van der Waals surface area contributed by atoms with E-state index in [1.807, 2.05) is 54.6 Å². The molecule has 48 nitrogen and oxygen atoms in total. The third-order valence-electron chi connectivity index (χ3n) is 23.4. The van der Waals surface area contributed by atoms with Crippen LogP contribution in [0.15, 0.2) is 84.9 Å². The number of fused-ring (bicyclic) bond motifs is 4. The molecule has 3 aliphatic rings. The minimum atomic E-state index is -1.22. The second-order valence-electron chi connectivity index (χ2n) is 35.1. The highest BCUT2D eigenvalue weighted by Crippen LogP contribution is 2.30. The number of H-pyrrole nitrogens is 2. The fourth-order valence-electron chi connectivity index (χ4n) is 16.1. The number of carbonyl (C=O) groups excluding carboxylic acids is 9. The van der Waals surface area contributed by atoms with Gasteiger partial charge in [-0.25, -0.2) is 9.97 Å². The maximum absolute atomic E-state index is 13.7. The van der Waals surface area contributed by atoms with Crippen LogP contribution in [0, 0.1) is 5.92 Å². The minimum Gasteiger partial charge on any atom is -0.481 e. The summed E-state index contributed by atoms with van der Waals surface area (Å²) in [6.45, 7) is 9.25. The average Bonchev–Trinajstić information content (AvgIpc) is 1.66. The number of benzene rings is 4. The van der Waals surface area contributed by atoms with Crippen molar-refractivity contribution in [1.82, 2.24) is 91.9 Å². The SMILES string of the molecule is CC(=O)N[C@H](CCC(=O)NCCCOCCOCCOCCCN1Cc2cc(C(=O)N(C)Cc3nc4ccccc4[nH]3)ccc2N[C@H](CC(=O)O)C1=O)C(=O)NCCCOCCOCCOCCCN1Cc2cc(C(=O)N(C)Cc3nc4ccccc4[nH]3)ccc2C[C@@H](CC(=O)O)C1=O.C[C@H](CCC(=O)O)NC(=O)[C@H](CCC(=O)O)NC(=O)CN1CCN(CC(=O)O)CCN(CC(=O)O)CCN(CC(=O)O)CC1.N. The monoisotopic (exact) mass is 2020 g/mol. The van der Waals surface area contributed by atoms with Crippen LogP contribution in [0.25, 0.3) is 22.1 Å². The normalized spacial score (nSPS) is 15.6. The number of hydrogen-bond acceptors (Lipinski definition) is 30. The molecule has 1 saturated heterocycles. The van der Waals surface area contributed by atoms with Crippen molar-refractivity contribution in [1.29, 1.82) is 0 Å². The van der Waals surface area contributed by atoms with Gasteiger partial charge in [-0.05, 0) is 130 Å².